The van der Waals surface area contributed by atoms with Gasteiger partial charge in [0.2, 0.25) is 0 Å². The normalized spacial score (nSPS) is 13.2. The van der Waals surface area contributed by atoms with Crippen molar-refractivity contribution in [2.45, 2.75) is 39.7 Å². The first-order valence-corrected chi connectivity index (χ1v) is 7.16. The fourth-order valence-electron chi connectivity index (χ4n) is 2.30. The molecular formula is C16H28N2. The van der Waals surface area contributed by atoms with Crippen molar-refractivity contribution in [3.63, 3.8) is 0 Å². The van der Waals surface area contributed by atoms with Crippen LogP contribution in [0.4, 0.5) is 0 Å². The monoisotopic (exact) mass is 248 g/mol. The Labute approximate surface area is 112 Å². The molecule has 0 aromatic heterocycles. The quantitative estimate of drug-likeness (QED) is 0.763. The molecule has 0 aliphatic rings. The molecule has 1 rings (SSSR count). The van der Waals surface area contributed by atoms with Gasteiger partial charge in [0, 0.05) is 12.6 Å². The third-order valence-electron chi connectivity index (χ3n) is 3.29. The lowest BCUT2D eigenvalue weighted by Gasteiger charge is -2.23. The van der Waals surface area contributed by atoms with Crippen LogP contribution in [0.3, 0.4) is 0 Å². The number of hydrogen-bond donors (Lipinski definition) is 1. The van der Waals surface area contributed by atoms with Gasteiger partial charge in [-0.3, -0.25) is 0 Å². The van der Waals surface area contributed by atoms with E-state index >= 15 is 0 Å². The number of benzene rings is 1. The van der Waals surface area contributed by atoms with Crippen molar-refractivity contribution in [3.8, 4) is 0 Å². The maximum Gasteiger partial charge on any atom is 0.0295 e. The molecule has 0 fully saturated rings. The van der Waals surface area contributed by atoms with E-state index in [2.05, 4.69) is 49.9 Å². The zero-order valence-corrected chi connectivity index (χ0v) is 12.1. The molecule has 0 saturated carbocycles. The van der Waals surface area contributed by atoms with Crippen molar-refractivity contribution < 1.29 is 0 Å². The van der Waals surface area contributed by atoms with Crippen LogP contribution in [0.15, 0.2) is 30.3 Å². The molecule has 2 nitrogen and oxygen atoms in total. The summed E-state index contributed by atoms with van der Waals surface area (Å²) in [5.41, 5.74) is 7.46. The lowest BCUT2D eigenvalue weighted by atomic mass is 10.0. The van der Waals surface area contributed by atoms with Gasteiger partial charge in [-0.1, -0.05) is 51.1 Å². The van der Waals surface area contributed by atoms with Gasteiger partial charge in [0.05, 0.1) is 0 Å². The van der Waals surface area contributed by atoms with E-state index in [0.29, 0.717) is 0 Å². The SMILES string of the molecule is CCN(CCCC(N)c1ccccc1)CC(C)C. The topological polar surface area (TPSA) is 29.3 Å². The van der Waals surface area contributed by atoms with Crippen LogP contribution in [-0.4, -0.2) is 24.5 Å². The molecule has 0 radical (unpaired) electrons. The zero-order chi connectivity index (χ0) is 13.4. The maximum atomic E-state index is 6.21. The van der Waals surface area contributed by atoms with Gasteiger partial charge in [-0.05, 0) is 37.4 Å². The average molecular weight is 248 g/mol. The molecule has 1 aromatic rings. The van der Waals surface area contributed by atoms with Crippen molar-refractivity contribution in [2.75, 3.05) is 19.6 Å². The zero-order valence-electron chi connectivity index (χ0n) is 12.1. The van der Waals surface area contributed by atoms with Crippen LogP contribution >= 0.6 is 0 Å². The van der Waals surface area contributed by atoms with Gasteiger partial charge >= 0.3 is 0 Å². The van der Waals surface area contributed by atoms with Crippen molar-refractivity contribution in [1.29, 1.82) is 0 Å². The Bertz CT molecular complexity index is 308. The minimum Gasteiger partial charge on any atom is -0.324 e. The Hall–Kier alpha value is -0.860. The van der Waals surface area contributed by atoms with Gasteiger partial charge in [0.25, 0.3) is 0 Å². The van der Waals surface area contributed by atoms with Crippen molar-refractivity contribution in [2.24, 2.45) is 11.7 Å². The largest absolute Gasteiger partial charge is 0.324 e. The maximum absolute atomic E-state index is 6.21. The van der Waals surface area contributed by atoms with Crippen LogP contribution < -0.4 is 5.73 Å². The summed E-state index contributed by atoms with van der Waals surface area (Å²) in [7, 11) is 0. The van der Waals surface area contributed by atoms with Crippen molar-refractivity contribution in [3.05, 3.63) is 35.9 Å². The van der Waals surface area contributed by atoms with Crippen molar-refractivity contribution in [1.82, 2.24) is 4.90 Å². The highest BCUT2D eigenvalue weighted by Crippen LogP contribution is 2.15. The van der Waals surface area contributed by atoms with E-state index in [9.17, 15) is 0 Å². The molecule has 0 aliphatic carbocycles. The standard InChI is InChI=1S/C16H28N2/c1-4-18(13-14(2)3)12-8-11-16(17)15-9-6-5-7-10-15/h5-7,9-10,14,16H,4,8,11-13,17H2,1-3H3. The van der Waals surface area contributed by atoms with Gasteiger partial charge in [0.15, 0.2) is 0 Å². The highest BCUT2D eigenvalue weighted by Gasteiger charge is 2.08. The molecule has 102 valence electrons. The number of hydrogen-bond acceptors (Lipinski definition) is 2. The minimum atomic E-state index is 0.184. The summed E-state index contributed by atoms with van der Waals surface area (Å²) in [4.78, 5) is 2.52. The summed E-state index contributed by atoms with van der Waals surface area (Å²) in [5.74, 6) is 0.743. The third kappa shape index (κ3) is 5.65. The lowest BCUT2D eigenvalue weighted by Crippen LogP contribution is -2.29. The number of rotatable bonds is 8. The van der Waals surface area contributed by atoms with E-state index in [4.69, 9.17) is 5.73 Å². The minimum absolute atomic E-state index is 0.184. The van der Waals surface area contributed by atoms with Crippen LogP contribution in [0.1, 0.15) is 45.2 Å². The van der Waals surface area contributed by atoms with Gasteiger partial charge in [-0.25, -0.2) is 0 Å². The second-order valence-corrected chi connectivity index (χ2v) is 5.45. The van der Waals surface area contributed by atoms with Gasteiger partial charge in [-0.15, -0.1) is 0 Å². The lowest BCUT2D eigenvalue weighted by molar-refractivity contribution is 0.249. The summed E-state index contributed by atoms with van der Waals surface area (Å²) < 4.78 is 0. The Morgan fingerprint density at radius 2 is 1.83 bits per heavy atom. The first-order chi connectivity index (χ1) is 8.63. The second kappa shape index (κ2) is 8.28. The predicted molar refractivity (Wildman–Crippen MR) is 79.6 cm³/mol. The van der Waals surface area contributed by atoms with Crippen LogP contribution in [0.2, 0.25) is 0 Å². The second-order valence-electron chi connectivity index (χ2n) is 5.45. The van der Waals surface area contributed by atoms with E-state index in [1.807, 2.05) is 6.07 Å². The van der Waals surface area contributed by atoms with E-state index < -0.39 is 0 Å². The highest BCUT2D eigenvalue weighted by molar-refractivity contribution is 5.18. The van der Waals surface area contributed by atoms with Gasteiger partial charge < -0.3 is 10.6 Å². The molecule has 0 heterocycles. The van der Waals surface area contributed by atoms with Crippen molar-refractivity contribution >= 4 is 0 Å². The van der Waals surface area contributed by atoms with E-state index in [-0.39, 0.29) is 6.04 Å². The molecule has 1 atom stereocenters. The predicted octanol–water partition coefficient (Wildman–Crippen LogP) is 3.44. The molecule has 0 amide bonds. The van der Waals surface area contributed by atoms with E-state index in [1.165, 1.54) is 18.5 Å². The molecule has 0 spiro atoms. The molecule has 2 N–H and O–H groups in total. The van der Waals surface area contributed by atoms with Crippen LogP contribution in [0, 0.1) is 5.92 Å². The molecular weight excluding hydrogens is 220 g/mol. The Balaban J connectivity index is 2.28. The Morgan fingerprint density at radius 3 is 2.39 bits per heavy atom. The summed E-state index contributed by atoms with van der Waals surface area (Å²) in [6.45, 7) is 10.3. The number of nitrogens with zero attached hydrogens (tertiary/aromatic N) is 1. The molecule has 1 unspecified atom stereocenters. The molecule has 0 saturated heterocycles. The molecule has 1 aromatic carbocycles. The number of nitrogens with two attached hydrogens (primary N) is 1. The van der Waals surface area contributed by atoms with E-state index in [0.717, 1.165) is 25.4 Å². The fourth-order valence-corrected chi connectivity index (χ4v) is 2.30. The summed E-state index contributed by atoms with van der Waals surface area (Å²) in [6, 6.07) is 10.6. The summed E-state index contributed by atoms with van der Waals surface area (Å²) in [6.07, 6.45) is 2.25. The summed E-state index contributed by atoms with van der Waals surface area (Å²) in [5, 5.41) is 0. The summed E-state index contributed by atoms with van der Waals surface area (Å²) >= 11 is 0. The fraction of sp³-hybridized carbons (Fsp3) is 0.625. The van der Waals surface area contributed by atoms with Gasteiger partial charge in [0.1, 0.15) is 0 Å². The van der Waals surface area contributed by atoms with Crippen LogP contribution in [0.5, 0.6) is 0 Å². The Kier molecular flexibility index (Phi) is 6.99. The van der Waals surface area contributed by atoms with Gasteiger partial charge in [-0.2, -0.15) is 0 Å². The van der Waals surface area contributed by atoms with Crippen LogP contribution in [-0.2, 0) is 0 Å². The first kappa shape index (κ1) is 15.2. The molecule has 0 bridgehead atoms. The Morgan fingerprint density at radius 1 is 1.17 bits per heavy atom. The molecule has 18 heavy (non-hydrogen) atoms. The third-order valence-corrected chi connectivity index (χ3v) is 3.29. The molecule has 2 heteroatoms. The highest BCUT2D eigenvalue weighted by atomic mass is 15.1. The first-order valence-electron chi connectivity index (χ1n) is 7.16. The van der Waals surface area contributed by atoms with Crippen LogP contribution in [0.25, 0.3) is 0 Å². The molecule has 0 aliphatic heterocycles. The van der Waals surface area contributed by atoms with E-state index in [1.54, 1.807) is 0 Å². The smallest absolute Gasteiger partial charge is 0.0295 e. The average Bonchev–Trinajstić information content (AvgIpc) is 2.38.